The van der Waals surface area contributed by atoms with Crippen molar-refractivity contribution in [3.8, 4) is 0 Å². The summed E-state index contributed by atoms with van der Waals surface area (Å²) in [4.78, 5) is 19.2. The summed E-state index contributed by atoms with van der Waals surface area (Å²) in [7, 11) is 0. The Morgan fingerprint density at radius 3 is 2.82 bits per heavy atom. The van der Waals surface area contributed by atoms with Crippen LogP contribution in [-0.2, 0) is 11.2 Å². The smallest absolute Gasteiger partial charge is 0.323 e. The summed E-state index contributed by atoms with van der Waals surface area (Å²) in [5, 5.41) is 3.54. The first-order valence-corrected chi connectivity index (χ1v) is 6.62. The Kier molecular flexibility index (Phi) is 3.96. The average Bonchev–Trinajstić information content (AvgIpc) is 2.70. The maximum Gasteiger partial charge on any atom is 0.323 e. The first kappa shape index (κ1) is 12.3. The van der Waals surface area contributed by atoms with Gasteiger partial charge >= 0.3 is 6.03 Å². The van der Waals surface area contributed by atoms with Gasteiger partial charge in [0.2, 0.25) is 0 Å². The topological polar surface area (TPSA) is 54.5 Å². The van der Waals surface area contributed by atoms with Gasteiger partial charge in [-0.25, -0.2) is 9.78 Å². The van der Waals surface area contributed by atoms with Crippen molar-refractivity contribution in [3.05, 3.63) is 10.6 Å². The zero-order valence-corrected chi connectivity index (χ0v) is 11.0. The Balaban J connectivity index is 1.97. The standard InChI is InChI=1S/C11H17N3O2S/c1-3-9-8(2)17-10(12-9)13-11(15)14-4-6-16-7-5-14/h3-7H2,1-2H3,(H,12,13,15). The van der Waals surface area contributed by atoms with Crippen LogP contribution in [0.15, 0.2) is 0 Å². The van der Waals surface area contributed by atoms with E-state index in [1.54, 1.807) is 4.90 Å². The maximum atomic E-state index is 11.9. The summed E-state index contributed by atoms with van der Waals surface area (Å²) >= 11 is 1.53. The van der Waals surface area contributed by atoms with Crippen LogP contribution >= 0.6 is 11.3 Å². The third-order valence-electron chi connectivity index (χ3n) is 2.74. The Hall–Kier alpha value is -1.14. The molecule has 17 heavy (non-hydrogen) atoms. The molecular formula is C11H17N3O2S. The van der Waals surface area contributed by atoms with E-state index in [-0.39, 0.29) is 6.03 Å². The van der Waals surface area contributed by atoms with E-state index in [1.165, 1.54) is 16.2 Å². The van der Waals surface area contributed by atoms with Crippen LogP contribution in [-0.4, -0.2) is 42.2 Å². The predicted octanol–water partition coefficient (Wildman–Crippen LogP) is 1.88. The first-order chi connectivity index (χ1) is 8.20. The number of nitrogens with one attached hydrogen (secondary N) is 1. The fourth-order valence-corrected chi connectivity index (χ4v) is 2.64. The van der Waals surface area contributed by atoms with Gasteiger partial charge in [-0.3, -0.25) is 5.32 Å². The van der Waals surface area contributed by atoms with Crippen LogP contribution in [0.25, 0.3) is 0 Å². The van der Waals surface area contributed by atoms with Crippen LogP contribution in [0.1, 0.15) is 17.5 Å². The fraction of sp³-hybridized carbons (Fsp3) is 0.636. The van der Waals surface area contributed by atoms with E-state index in [4.69, 9.17) is 4.74 Å². The van der Waals surface area contributed by atoms with Gasteiger partial charge in [0.25, 0.3) is 0 Å². The van der Waals surface area contributed by atoms with Gasteiger partial charge in [0.15, 0.2) is 5.13 Å². The number of amides is 2. The molecule has 1 saturated heterocycles. The summed E-state index contributed by atoms with van der Waals surface area (Å²) in [6, 6.07) is -0.0790. The van der Waals surface area contributed by atoms with Gasteiger partial charge in [-0.05, 0) is 13.3 Å². The fourth-order valence-electron chi connectivity index (χ4n) is 1.75. The highest BCUT2D eigenvalue weighted by Crippen LogP contribution is 2.22. The zero-order chi connectivity index (χ0) is 12.3. The molecular weight excluding hydrogens is 238 g/mol. The van der Waals surface area contributed by atoms with Crippen LogP contribution in [0.5, 0.6) is 0 Å². The Morgan fingerprint density at radius 1 is 1.53 bits per heavy atom. The van der Waals surface area contributed by atoms with Crippen molar-refractivity contribution < 1.29 is 9.53 Å². The molecule has 1 aromatic heterocycles. The van der Waals surface area contributed by atoms with Crippen molar-refractivity contribution in [2.45, 2.75) is 20.3 Å². The minimum atomic E-state index is -0.0790. The summed E-state index contributed by atoms with van der Waals surface area (Å²) in [5.41, 5.74) is 1.06. The van der Waals surface area contributed by atoms with Gasteiger partial charge in [-0.1, -0.05) is 6.92 Å². The van der Waals surface area contributed by atoms with E-state index in [9.17, 15) is 4.79 Å². The van der Waals surface area contributed by atoms with E-state index in [1.807, 2.05) is 6.92 Å². The molecule has 6 heteroatoms. The second-order valence-electron chi connectivity index (χ2n) is 3.91. The van der Waals surface area contributed by atoms with E-state index >= 15 is 0 Å². The molecule has 0 spiro atoms. The van der Waals surface area contributed by atoms with Gasteiger partial charge in [-0.2, -0.15) is 0 Å². The molecule has 0 aliphatic carbocycles. The molecule has 1 aliphatic rings. The summed E-state index contributed by atoms with van der Waals surface area (Å²) in [6.45, 7) is 6.62. The third-order valence-corrected chi connectivity index (χ3v) is 3.67. The molecule has 0 saturated carbocycles. The van der Waals surface area contributed by atoms with Gasteiger partial charge in [0, 0.05) is 18.0 Å². The summed E-state index contributed by atoms with van der Waals surface area (Å²) in [6.07, 6.45) is 0.899. The Labute approximate surface area is 105 Å². The second kappa shape index (κ2) is 5.46. The lowest BCUT2D eigenvalue weighted by Crippen LogP contribution is -2.43. The highest BCUT2D eigenvalue weighted by Gasteiger charge is 2.18. The maximum absolute atomic E-state index is 11.9. The van der Waals surface area contributed by atoms with Crippen molar-refractivity contribution in [2.24, 2.45) is 0 Å². The minimum Gasteiger partial charge on any atom is -0.378 e. The molecule has 1 fully saturated rings. The summed E-state index contributed by atoms with van der Waals surface area (Å²) in [5.74, 6) is 0. The normalized spacial score (nSPS) is 16.0. The van der Waals surface area contributed by atoms with Gasteiger partial charge < -0.3 is 9.64 Å². The molecule has 0 aromatic carbocycles. The highest BCUT2D eigenvalue weighted by atomic mass is 32.1. The molecule has 5 nitrogen and oxygen atoms in total. The number of hydrogen-bond acceptors (Lipinski definition) is 4. The predicted molar refractivity (Wildman–Crippen MR) is 67.6 cm³/mol. The number of anilines is 1. The van der Waals surface area contributed by atoms with Crippen molar-refractivity contribution in [3.63, 3.8) is 0 Å². The van der Waals surface area contributed by atoms with Crippen LogP contribution < -0.4 is 5.32 Å². The number of carbonyl (C=O) groups excluding carboxylic acids is 1. The van der Waals surface area contributed by atoms with E-state index in [0.29, 0.717) is 31.4 Å². The number of nitrogens with zero attached hydrogens (tertiary/aromatic N) is 2. The van der Waals surface area contributed by atoms with Gasteiger partial charge in [0.05, 0.1) is 18.9 Å². The van der Waals surface area contributed by atoms with Crippen LogP contribution in [0, 0.1) is 6.92 Å². The Morgan fingerprint density at radius 2 is 2.24 bits per heavy atom. The van der Waals surface area contributed by atoms with Crippen molar-refractivity contribution in [1.29, 1.82) is 0 Å². The van der Waals surface area contributed by atoms with E-state index in [0.717, 1.165) is 12.1 Å². The number of morpholine rings is 1. The van der Waals surface area contributed by atoms with Crippen molar-refractivity contribution in [2.75, 3.05) is 31.6 Å². The number of aryl methyl sites for hydroxylation is 2. The molecule has 0 radical (unpaired) electrons. The molecule has 1 aromatic rings. The minimum absolute atomic E-state index is 0.0790. The van der Waals surface area contributed by atoms with Crippen LogP contribution in [0.2, 0.25) is 0 Å². The van der Waals surface area contributed by atoms with Crippen molar-refractivity contribution in [1.82, 2.24) is 9.88 Å². The van der Waals surface area contributed by atoms with Crippen LogP contribution in [0.3, 0.4) is 0 Å². The molecule has 1 N–H and O–H groups in total. The lowest BCUT2D eigenvalue weighted by molar-refractivity contribution is 0.0564. The number of urea groups is 1. The van der Waals surface area contributed by atoms with E-state index < -0.39 is 0 Å². The second-order valence-corrected chi connectivity index (χ2v) is 5.11. The number of rotatable bonds is 2. The molecule has 94 valence electrons. The van der Waals surface area contributed by atoms with E-state index in [2.05, 4.69) is 17.2 Å². The molecule has 0 unspecified atom stereocenters. The average molecular weight is 255 g/mol. The Bertz CT molecular complexity index is 399. The molecule has 2 heterocycles. The number of ether oxygens (including phenoxy) is 1. The molecule has 0 bridgehead atoms. The number of hydrogen-bond donors (Lipinski definition) is 1. The first-order valence-electron chi connectivity index (χ1n) is 5.80. The number of thiazole rings is 1. The van der Waals surface area contributed by atoms with Gasteiger partial charge in [-0.15, -0.1) is 11.3 Å². The lowest BCUT2D eigenvalue weighted by atomic mass is 10.3. The summed E-state index contributed by atoms with van der Waals surface area (Å²) < 4.78 is 5.21. The largest absolute Gasteiger partial charge is 0.378 e. The molecule has 2 amide bonds. The number of aromatic nitrogens is 1. The monoisotopic (exact) mass is 255 g/mol. The molecule has 0 atom stereocenters. The lowest BCUT2D eigenvalue weighted by Gasteiger charge is -2.26. The molecule has 1 aliphatic heterocycles. The van der Waals surface area contributed by atoms with Crippen LogP contribution in [0.4, 0.5) is 9.93 Å². The quantitative estimate of drug-likeness (QED) is 0.878. The van der Waals surface area contributed by atoms with Crippen molar-refractivity contribution >= 4 is 22.5 Å². The van der Waals surface area contributed by atoms with Gasteiger partial charge in [0.1, 0.15) is 0 Å². The molecule has 2 rings (SSSR count). The zero-order valence-electron chi connectivity index (χ0n) is 10.2. The highest BCUT2D eigenvalue weighted by molar-refractivity contribution is 7.15. The third kappa shape index (κ3) is 2.95. The number of carbonyl (C=O) groups is 1. The SMILES string of the molecule is CCc1nc(NC(=O)N2CCOCC2)sc1C.